The van der Waals surface area contributed by atoms with E-state index in [4.69, 9.17) is 4.52 Å². The Balaban J connectivity index is 2.57. The van der Waals surface area contributed by atoms with Gasteiger partial charge in [-0.25, -0.2) is 8.42 Å². The Morgan fingerprint density at radius 1 is 1.12 bits per heavy atom. The summed E-state index contributed by atoms with van der Waals surface area (Å²) in [5, 5.41) is 8.00. The SMILES string of the molecule is O=S(=O)([O-])c1cccc2c1ccc1onnc12. The van der Waals surface area contributed by atoms with Crippen LogP contribution in [0.2, 0.25) is 0 Å². The fourth-order valence-electron chi connectivity index (χ4n) is 1.79. The fraction of sp³-hybridized carbons (Fsp3) is 0. The van der Waals surface area contributed by atoms with E-state index in [0.717, 1.165) is 0 Å². The van der Waals surface area contributed by atoms with Gasteiger partial charge in [0.25, 0.3) is 0 Å². The largest absolute Gasteiger partial charge is 0.744 e. The summed E-state index contributed by atoms with van der Waals surface area (Å²) in [7, 11) is -4.51. The van der Waals surface area contributed by atoms with Crippen LogP contribution in [0.1, 0.15) is 0 Å². The third kappa shape index (κ3) is 1.48. The van der Waals surface area contributed by atoms with Gasteiger partial charge in [0.05, 0.1) is 4.90 Å². The van der Waals surface area contributed by atoms with E-state index in [9.17, 15) is 13.0 Å². The van der Waals surface area contributed by atoms with Crippen LogP contribution in [0, 0.1) is 0 Å². The molecule has 0 radical (unpaired) electrons. The number of benzene rings is 2. The monoisotopic (exact) mass is 249 g/mol. The molecule has 7 heteroatoms. The maximum atomic E-state index is 11.1. The summed E-state index contributed by atoms with van der Waals surface area (Å²) in [5.74, 6) is 0. The molecular weight excluding hydrogens is 244 g/mol. The topological polar surface area (TPSA) is 96.1 Å². The van der Waals surface area contributed by atoms with Crippen molar-refractivity contribution in [3.8, 4) is 0 Å². The van der Waals surface area contributed by atoms with Gasteiger partial charge in [-0.1, -0.05) is 12.1 Å². The Bertz CT molecular complexity index is 823. The summed E-state index contributed by atoms with van der Waals surface area (Å²) in [5.41, 5.74) is 0.881. The molecule has 2 aromatic carbocycles. The lowest BCUT2D eigenvalue weighted by Gasteiger charge is -2.09. The molecule has 0 amide bonds. The van der Waals surface area contributed by atoms with E-state index in [1.165, 1.54) is 24.3 Å². The second-order valence-electron chi connectivity index (χ2n) is 3.49. The fourth-order valence-corrected chi connectivity index (χ4v) is 2.49. The van der Waals surface area contributed by atoms with E-state index >= 15 is 0 Å². The number of fused-ring (bicyclic) bond motifs is 3. The zero-order valence-corrected chi connectivity index (χ0v) is 9.14. The van der Waals surface area contributed by atoms with Crippen LogP contribution in [-0.4, -0.2) is 23.3 Å². The Labute approximate surface area is 95.6 Å². The van der Waals surface area contributed by atoms with Crippen LogP contribution < -0.4 is 0 Å². The van der Waals surface area contributed by atoms with Crippen molar-refractivity contribution in [3.05, 3.63) is 30.3 Å². The molecule has 0 fully saturated rings. The maximum Gasteiger partial charge on any atom is 0.188 e. The van der Waals surface area contributed by atoms with E-state index in [2.05, 4.69) is 10.4 Å². The Morgan fingerprint density at radius 3 is 2.71 bits per heavy atom. The first-order valence-corrected chi connectivity index (χ1v) is 6.08. The van der Waals surface area contributed by atoms with E-state index in [-0.39, 0.29) is 4.90 Å². The average Bonchev–Trinajstić information content (AvgIpc) is 2.75. The summed E-state index contributed by atoms with van der Waals surface area (Å²) in [4.78, 5) is -0.264. The van der Waals surface area contributed by atoms with Crippen molar-refractivity contribution in [2.75, 3.05) is 0 Å². The van der Waals surface area contributed by atoms with Gasteiger partial charge in [-0.2, -0.15) is 0 Å². The number of rotatable bonds is 1. The standard InChI is InChI=1S/C10H6N2O4S/c13-17(14,15)9-3-1-2-7-6(9)4-5-8-10(7)11-12-16-8/h1-5H,(H,13,14,15)/p-1. The van der Waals surface area contributed by atoms with Crippen molar-refractivity contribution in [1.29, 1.82) is 0 Å². The molecule has 6 nitrogen and oxygen atoms in total. The minimum Gasteiger partial charge on any atom is -0.744 e. The highest BCUT2D eigenvalue weighted by atomic mass is 32.2. The summed E-state index contributed by atoms with van der Waals surface area (Å²) in [6.07, 6.45) is 0. The average molecular weight is 249 g/mol. The van der Waals surface area contributed by atoms with Gasteiger partial charge in [0.1, 0.15) is 15.6 Å². The normalized spacial score (nSPS) is 12.3. The molecule has 3 aromatic rings. The molecule has 1 heterocycles. The van der Waals surface area contributed by atoms with E-state index in [1.54, 1.807) is 6.07 Å². The van der Waals surface area contributed by atoms with Crippen molar-refractivity contribution in [2.45, 2.75) is 4.90 Å². The van der Waals surface area contributed by atoms with Gasteiger partial charge < -0.3 is 9.08 Å². The number of aromatic nitrogens is 2. The first-order chi connectivity index (χ1) is 8.07. The summed E-state index contributed by atoms with van der Waals surface area (Å²) < 4.78 is 38.2. The number of nitrogens with zero attached hydrogens (tertiary/aromatic N) is 2. The predicted molar refractivity (Wildman–Crippen MR) is 57.3 cm³/mol. The third-order valence-corrected chi connectivity index (χ3v) is 3.40. The van der Waals surface area contributed by atoms with Crippen LogP contribution in [0.3, 0.4) is 0 Å². The molecule has 3 rings (SSSR count). The molecule has 17 heavy (non-hydrogen) atoms. The Morgan fingerprint density at radius 2 is 1.94 bits per heavy atom. The molecule has 0 bridgehead atoms. The van der Waals surface area contributed by atoms with Gasteiger partial charge >= 0.3 is 0 Å². The second kappa shape index (κ2) is 3.25. The molecule has 0 saturated carbocycles. The summed E-state index contributed by atoms with van der Waals surface area (Å²) in [6.45, 7) is 0. The maximum absolute atomic E-state index is 11.1. The molecule has 0 saturated heterocycles. The molecule has 0 aliphatic rings. The van der Waals surface area contributed by atoms with Crippen molar-refractivity contribution in [3.63, 3.8) is 0 Å². The molecule has 0 atom stereocenters. The van der Waals surface area contributed by atoms with E-state index in [1.807, 2.05) is 0 Å². The summed E-state index contributed by atoms with van der Waals surface area (Å²) in [6, 6.07) is 7.46. The van der Waals surface area contributed by atoms with Crippen molar-refractivity contribution >= 4 is 32.0 Å². The van der Waals surface area contributed by atoms with Crippen molar-refractivity contribution < 1.29 is 17.5 Å². The van der Waals surface area contributed by atoms with Crippen molar-refractivity contribution in [2.24, 2.45) is 0 Å². The van der Waals surface area contributed by atoms with Gasteiger partial charge in [0.15, 0.2) is 5.58 Å². The molecular formula is C10H5N2O4S-. The third-order valence-electron chi connectivity index (χ3n) is 2.51. The second-order valence-corrected chi connectivity index (χ2v) is 4.84. The zero-order valence-electron chi connectivity index (χ0n) is 8.32. The van der Waals surface area contributed by atoms with E-state index in [0.29, 0.717) is 21.9 Å². The number of hydrogen-bond acceptors (Lipinski definition) is 6. The lowest BCUT2D eigenvalue weighted by atomic mass is 10.1. The first-order valence-electron chi connectivity index (χ1n) is 4.67. The van der Waals surface area contributed by atoms with Gasteiger partial charge in [-0.3, -0.25) is 0 Å². The summed E-state index contributed by atoms with van der Waals surface area (Å²) >= 11 is 0. The minimum absolute atomic E-state index is 0.264. The van der Waals surface area contributed by atoms with Gasteiger partial charge in [-0.15, -0.1) is 5.10 Å². The minimum atomic E-state index is -4.51. The first kappa shape index (κ1) is 10.2. The van der Waals surface area contributed by atoms with Crippen LogP contribution in [0.4, 0.5) is 0 Å². The zero-order chi connectivity index (χ0) is 12.0. The van der Waals surface area contributed by atoms with Gasteiger partial charge in [-0.05, 0) is 18.2 Å². The highest BCUT2D eigenvalue weighted by Gasteiger charge is 2.11. The Kier molecular flexibility index (Phi) is 1.95. The van der Waals surface area contributed by atoms with E-state index < -0.39 is 10.1 Å². The molecule has 86 valence electrons. The van der Waals surface area contributed by atoms with Crippen LogP contribution in [0.5, 0.6) is 0 Å². The predicted octanol–water partition coefficient (Wildman–Crippen LogP) is 1.28. The van der Waals surface area contributed by atoms with Crippen molar-refractivity contribution in [1.82, 2.24) is 10.4 Å². The molecule has 0 spiro atoms. The molecule has 0 aliphatic carbocycles. The van der Waals surface area contributed by atoms with Crippen LogP contribution in [0.25, 0.3) is 21.9 Å². The smallest absolute Gasteiger partial charge is 0.188 e. The molecule has 1 aromatic heterocycles. The molecule has 0 unspecified atom stereocenters. The quantitative estimate of drug-likeness (QED) is 0.603. The van der Waals surface area contributed by atoms with Crippen LogP contribution >= 0.6 is 0 Å². The number of hydrogen-bond donors (Lipinski definition) is 0. The molecule has 0 N–H and O–H groups in total. The lowest BCUT2D eigenvalue weighted by Crippen LogP contribution is -1.99. The van der Waals surface area contributed by atoms with Gasteiger partial charge in [0, 0.05) is 16.0 Å². The highest BCUT2D eigenvalue weighted by Crippen LogP contribution is 2.28. The Hall–Kier alpha value is -1.99. The molecule has 0 aliphatic heterocycles. The van der Waals surface area contributed by atoms with Crippen LogP contribution in [-0.2, 0) is 10.1 Å². The van der Waals surface area contributed by atoms with Gasteiger partial charge in [0.2, 0.25) is 0 Å². The van der Waals surface area contributed by atoms with Crippen LogP contribution in [0.15, 0.2) is 39.8 Å². The lowest BCUT2D eigenvalue weighted by molar-refractivity contribution is 0.424. The highest BCUT2D eigenvalue weighted by molar-refractivity contribution is 7.86.